The summed E-state index contributed by atoms with van der Waals surface area (Å²) in [5.74, 6) is -0.107. The van der Waals surface area contributed by atoms with Gasteiger partial charge in [-0.25, -0.2) is 8.78 Å². The molecule has 0 amide bonds. The largest absolute Gasteiger partial charge is 0.270 e. The molecule has 146 valence electrons. The third-order valence-corrected chi connectivity index (χ3v) is 5.76. The molecule has 0 aliphatic heterocycles. The fourth-order valence-electron chi connectivity index (χ4n) is 2.91. The molecule has 0 aliphatic rings. The van der Waals surface area contributed by atoms with E-state index in [0.29, 0.717) is 27.1 Å². The summed E-state index contributed by atoms with van der Waals surface area (Å²) in [6.45, 7) is 1.99. The topological polar surface area (TPSA) is 30.7 Å². The van der Waals surface area contributed by atoms with Crippen molar-refractivity contribution in [3.8, 4) is 17.1 Å². The third kappa shape index (κ3) is 4.04. The summed E-state index contributed by atoms with van der Waals surface area (Å²) in [5, 5.41) is 9.35. The molecule has 0 unspecified atom stereocenters. The number of benzene rings is 3. The second-order valence-electron chi connectivity index (χ2n) is 6.45. The molecule has 0 atom stereocenters. The molecule has 0 aliphatic carbocycles. The minimum Gasteiger partial charge on any atom is -0.270 e. The molecule has 0 fully saturated rings. The van der Waals surface area contributed by atoms with E-state index in [2.05, 4.69) is 10.2 Å². The molecule has 0 N–H and O–H groups in total. The van der Waals surface area contributed by atoms with Gasteiger partial charge in [0.15, 0.2) is 11.0 Å². The van der Waals surface area contributed by atoms with Gasteiger partial charge in [0.05, 0.1) is 5.56 Å². The quantitative estimate of drug-likeness (QED) is 0.342. The minimum absolute atomic E-state index is 0.271. The number of hydrogen-bond donors (Lipinski definition) is 0. The molecule has 0 saturated carbocycles. The zero-order valence-electron chi connectivity index (χ0n) is 15.4. The van der Waals surface area contributed by atoms with Crippen LogP contribution in [0.3, 0.4) is 0 Å². The van der Waals surface area contributed by atoms with Crippen LogP contribution in [0.5, 0.6) is 0 Å². The van der Waals surface area contributed by atoms with Crippen LogP contribution in [0.2, 0.25) is 5.02 Å². The van der Waals surface area contributed by atoms with E-state index in [9.17, 15) is 8.78 Å². The van der Waals surface area contributed by atoms with Gasteiger partial charge in [-0.2, -0.15) is 0 Å². The molecule has 7 heteroatoms. The molecule has 4 aromatic rings. The number of nitrogens with zero attached hydrogens (tertiary/aromatic N) is 3. The Morgan fingerprint density at radius 3 is 2.34 bits per heavy atom. The Balaban J connectivity index is 1.78. The van der Waals surface area contributed by atoms with E-state index < -0.39 is 0 Å². The number of aryl methyl sites for hydroxylation is 1. The smallest absolute Gasteiger partial charge is 0.196 e. The lowest BCUT2D eigenvalue weighted by molar-refractivity contribution is 0.617. The van der Waals surface area contributed by atoms with E-state index in [1.165, 1.54) is 23.9 Å². The van der Waals surface area contributed by atoms with E-state index >= 15 is 0 Å². The molecule has 0 radical (unpaired) electrons. The summed E-state index contributed by atoms with van der Waals surface area (Å²) in [6.07, 6.45) is 0. The van der Waals surface area contributed by atoms with Crippen LogP contribution in [-0.4, -0.2) is 14.8 Å². The molecular weight excluding hydrogens is 412 g/mol. The fourth-order valence-corrected chi connectivity index (χ4v) is 4.21. The van der Waals surface area contributed by atoms with Gasteiger partial charge < -0.3 is 0 Å². The highest BCUT2D eigenvalue weighted by atomic mass is 35.5. The lowest BCUT2D eigenvalue weighted by Gasteiger charge is -2.12. The van der Waals surface area contributed by atoms with E-state index in [0.717, 1.165) is 11.3 Å². The lowest BCUT2D eigenvalue weighted by atomic mass is 10.2. The van der Waals surface area contributed by atoms with Crippen LogP contribution < -0.4 is 0 Å². The van der Waals surface area contributed by atoms with Gasteiger partial charge in [0, 0.05) is 22.0 Å². The van der Waals surface area contributed by atoms with Crippen LogP contribution in [0, 0.1) is 18.6 Å². The van der Waals surface area contributed by atoms with Crippen LogP contribution in [-0.2, 0) is 5.75 Å². The summed E-state index contributed by atoms with van der Waals surface area (Å²) in [6, 6.07) is 18.8. The zero-order chi connectivity index (χ0) is 20.4. The Bertz CT molecular complexity index is 1140. The number of aromatic nitrogens is 3. The van der Waals surface area contributed by atoms with Gasteiger partial charge in [-0.3, -0.25) is 4.57 Å². The maximum absolute atomic E-state index is 14.4. The predicted molar refractivity (Wildman–Crippen MR) is 112 cm³/mol. The maximum atomic E-state index is 14.4. The van der Waals surface area contributed by atoms with Crippen molar-refractivity contribution < 1.29 is 8.78 Å². The molecular formula is C22H16ClF2N3S. The Morgan fingerprint density at radius 1 is 0.897 bits per heavy atom. The number of halogens is 3. The fraction of sp³-hybridized carbons (Fsp3) is 0.0909. The first-order valence-electron chi connectivity index (χ1n) is 8.87. The zero-order valence-corrected chi connectivity index (χ0v) is 17.0. The first-order valence-corrected chi connectivity index (χ1v) is 10.2. The van der Waals surface area contributed by atoms with Crippen LogP contribution in [0.15, 0.2) is 71.9 Å². The van der Waals surface area contributed by atoms with Crippen LogP contribution >= 0.6 is 23.4 Å². The molecule has 1 aromatic heterocycles. The lowest BCUT2D eigenvalue weighted by Crippen LogP contribution is -2.01. The van der Waals surface area contributed by atoms with Gasteiger partial charge in [-0.15, -0.1) is 10.2 Å². The standard InChI is InChI=1S/C22H16ClF2N3S/c1-14-9-11-15(12-10-14)28-21(16-5-2-3-7-19(16)24)26-27-22(28)29-13-17-18(23)6-4-8-20(17)25/h2-12H,13H2,1H3. The maximum Gasteiger partial charge on any atom is 0.196 e. The van der Waals surface area contributed by atoms with Crippen molar-refractivity contribution >= 4 is 23.4 Å². The van der Waals surface area contributed by atoms with Gasteiger partial charge >= 0.3 is 0 Å². The van der Waals surface area contributed by atoms with Gasteiger partial charge in [0.25, 0.3) is 0 Å². The second kappa shape index (κ2) is 8.35. The average Bonchev–Trinajstić information content (AvgIpc) is 3.12. The molecule has 0 saturated heterocycles. The van der Waals surface area contributed by atoms with Crippen molar-refractivity contribution in [2.75, 3.05) is 0 Å². The first-order chi connectivity index (χ1) is 14.0. The molecule has 1 heterocycles. The summed E-state index contributed by atoms with van der Waals surface area (Å²) < 4.78 is 30.4. The Labute approximate surface area is 176 Å². The van der Waals surface area contributed by atoms with Gasteiger partial charge in [-0.05, 0) is 43.3 Å². The van der Waals surface area contributed by atoms with Crippen LogP contribution in [0.4, 0.5) is 8.78 Å². The predicted octanol–water partition coefficient (Wildman–Crippen LogP) is 6.47. The van der Waals surface area contributed by atoms with Crippen molar-refractivity contribution in [3.63, 3.8) is 0 Å². The Kier molecular flexibility index (Phi) is 5.65. The summed E-state index contributed by atoms with van der Waals surface area (Å²) in [7, 11) is 0. The second-order valence-corrected chi connectivity index (χ2v) is 7.80. The SMILES string of the molecule is Cc1ccc(-n2c(SCc3c(F)cccc3Cl)nnc2-c2ccccc2F)cc1. The van der Waals surface area contributed by atoms with Crippen molar-refractivity contribution in [1.29, 1.82) is 0 Å². The molecule has 3 aromatic carbocycles. The molecule has 29 heavy (non-hydrogen) atoms. The highest BCUT2D eigenvalue weighted by molar-refractivity contribution is 7.98. The van der Waals surface area contributed by atoms with E-state index in [-0.39, 0.29) is 17.4 Å². The summed E-state index contributed by atoms with van der Waals surface area (Å²) >= 11 is 7.44. The summed E-state index contributed by atoms with van der Waals surface area (Å²) in [5.41, 5.74) is 2.63. The van der Waals surface area contributed by atoms with E-state index in [1.807, 2.05) is 31.2 Å². The molecule has 3 nitrogen and oxygen atoms in total. The Morgan fingerprint density at radius 2 is 1.62 bits per heavy atom. The number of hydrogen-bond acceptors (Lipinski definition) is 3. The van der Waals surface area contributed by atoms with Crippen LogP contribution in [0.1, 0.15) is 11.1 Å². The van der Waals surface area contributed by atoms with Gasteiger partial charge in [0.2, 0.25) is 0 Å². The summed E-state index contributed by atoms with van der Waals surface area (Å²) in [4.78, 5) is 0. The van der Waals surface area contributed by atoms with Crippen molar-refractivity contribution in [1.82, 2.24) is 14.8 Å². The van der Waals surface area contributed by atoms with Crippen molar-refractivity contribution in [3.05, 3.63) is 94.5 Å². The van der Waals surface area contributed by atoms with E-state index in [1.54, 1.807) is 34.9 Å². The molecule has 0 bridgehead atoms. The van der Waals surface area contributed by atoms with Crippen LogP contribution in [0.25, 0.3) is 17.1 Å². The van der Waals surface area contributed by atoms with Gasteiger partial charge in [0.1, 0.15) is 11.6 Å². The monoisotopic (exact) mass is 427 g/mol. The van der Waals surface area contributed by atoms with Crippen molar-refractivity contribution in [2.45, 2.75) is 17.8 Å². The molecule has 0 spiro atoms. The average molecular weight is 428 g/mol. The third-order valence-electron chi connectivity index (χ3n) is 4.45. The number of thioether (sulfide) groups is 1. The van der Waals surface area contributed by atoms with E-state index in [4.69, 9.17) is 11.6 Å². The minimum atomic E-state index is -0.387. The number of rotatable bonds is 5. The van der Waals surface area contributed by atoms with Crippen molar-refractivity contribution in [2.24, 2.45) is 0 Å². The van der Waals surface area contributed by atoms with Gasteiger partial charge in [-0.1, -0.05) is 59.3 Å². The normalized spacial score (nSPS) is 11.0. The Hall–Kier alpha value is -2.70. The molecule has 4 rings (SSSR count). The highest BCUT2D eigenvalue weighted by Gasteiger charge is 2.19. The first kappa shape index (κ1) is 19.6. The highest BCUT2D eigenvalue weighted by Crippen LogP contribution is 2.33.